The maximum absolute atomic E-state index is 6.14. The van der Waals surface area contributed by atoms with Gasteiger partial charge in [0.25, 0.3) is 0 Å². The summed E-state index contributed by atoms with van der Waals surface area (Å²) in [6.45, 7) is 11.1. The Kier molecular flexibility index (Phi) is 5.06. The van der Waals surface area contributed by atoms with Gasteiger partial charge in [0, 0.05) is 24.3 Å². The molecule has 1 heterocycles. The molecule has 1 N–H and O–H groups in total. The fourth-order valence-corrected chi connectivity index (χ4v) is 2.31. The molecule has 1 atom stereocenters. The monoisotopic (exact) mass is 277 g/mol. The van der Waals surface area contributed by atoms with E-state index >= 15 is 0 Å². The summed E-state index contributed by atoms with van der Waals surface area (Å²) >= 11 is 0. The Balaban J connectivity index is 2.06. The van der Waals surface area contributed by atoms with Gasteiger partial charge in [-0.05, 0) is 46.6 Å². The van der Waals surface area contributed by atoms with Crippen LogP contribution in [-0.4, -0.2) is 24.9 Å². The van der Waals surface area contributed by atoms with Gasteiger partial charge in [-0.3, -0.25) is 0 Å². The van der Waals surface area contributed by atoms with Crippen molar-refractivity contribution in [3.63, 3.8) is 0 Å². The molecule has 0 amide bonds. The Labute approximate surface area is 122 Å². The molecule has 0 aliphatic carbocycles. The van der Waals surface area contributed by atoms with Crippen LogP contribution in [0.3, 0.4) is 0 Å². The molecule has 3 heteroatoms. The van der Waals surface area contributed by atoms with Crippen LogP contribution < -0.4 is 10.1 Å². The third-order valence-corrected chi connectivity index (χ3v) is 3.44. The van der Waals surface area contributed by atoms with E-state index in [-0.39, 0.29) is 11.6 Å². The van der Waals surface area contributed by atoms with Gasteiger partial charge in [0.1, 0.15) is 11.9 Å². The molecule has 1 aromatic rings. The molecule has 0 bridgehead atoms. The zero-order valence-electron chi connectivity index (χ0n) is 13.2. The lowest BCUT2D eigenvalue weighted by Crippen LogP contribution is -2.35. The van der Waals surface area contributed by atoms with Gasteiger partial charge in [-0.1, -0.05) is 17.7 Å². The van der Waals surface area contributed by atoms with Crippen molar-refractivity contribution in [2.24, 2.45) is 0 Å². The van der Waals surface area contributed by atoms with Crippen molar-refractivity contribution in [1.29, 1.82) is 0 Å². The van der Waals surface area contributed by atoms with Crippen LogP contribution in [0, 0.1) is 6.92 Å². The summed E-state index contributed by atoms with van der Waals surface area (Å²) in [7, 11) is 0. The highest BCUT2D eigenvalue weighted by atomic mass is 16.5. The molecule has 1 saturated heterocycles. The summed E-state index contributed by atoms with van der Waals surface area (Å²) in [6, 6.07) is 6.40. The molecule has 1 aliphatic rings. The van der Waals surface area contributed by atoms with E-state index in [2.05, 4.69) is 51.2 Å². The van der Waals surface area contributed by atoms with E-state index in [1.165, 1.54) is 11.1 Å². The minimum atomic E-state index is 0.106. The second-order valence-electron chi connectivity index (χ2n) is 6.67. The van der Waals surface area contributed by atoms with Gasteiger partial charge in [-0.15, -0.1) is 0 Å². The van der Waals surface area contributed by atoms with Crippen LogP contribution in [-0.2, 0) is 11.3 Å². The number of hydrogen-bond donors (Lipinski definition) is 1. The number of rotatable bonds is 4. The minimum Gasteiger partial charge on any atom is -0.488 e. The highest BCUT2D eigenvalue weighted by Gasteiger charge is 2.18. The molecule has 0 saturated carbocycles. The molecule has 0 aromatic heterocycles. The lowest BCUT2D eigenvalue weighted by Gasteiger charge is -2.26. The average molecular weight is 277 g/mol. The lowest BCUT2D eigenvalue weighted by molar-refractivity contribution is 0.00697. The fraction of sp³-hybridized carbons (Fsp3) is 0.647. The molecular formula is C17H27NO2. The first-order valence-electron chi connectivity index (χ1n) is 7.53. The molecule has 3 nitrogen and oxygen atoms in total. The minimum absolute atomic E-state index is 0.106. The summed E-state index contributed by atoms with van der Waals surface area (Å²) in [4.78, 5) is 0. The molecule has 0 radical (unpaired) electrons. The summed E-state index contributed by atoms with van der Waals surface area (Å²) in [5.41, 5.74) is 2.60. The second-order valence-corrected chi connectivity index (χ2v) is 6.67. The average Bonchev–Trinajstić information content (AvgIpc) is 2.39. The van der Waals surface area contributed by atoms with Crippen LogP contribution in [0.2, 0.25) is 0 Å². The second kappa shape index (κ2) is 6.59. The van der Waals surface area contributed by atoms with E-state index < -0.39 is 0 Å². The van der Waals surface area contributed by atoms with Crippen LogP contribution in [0.5, 0.6) is 5.75 Å². The lowest BCUT2D eigenvalue weighted by atomic mass is 10.1. The number of hydrogen-bond acceptors (Lipinski definition) is 3. The molecule has 112 valence electrons. The van der Waals surface area contributed by atoms with Crippen molar-refractivity contribution in [3.05, 3.63) is 29.3 Å². The maximum Gasteiger partial charge on any atom is 0.124 e. The zero-order chi connectivity index (χ0) is 14.6. The van der Waals surface area contributed by atoms with Crippen molar-refractivity contribution in [2.75, 3.05) is 13.2 Å². The van der Waals surface area contributed by atoms with Crippen LogP contribution in [0.15, 0.2) is 18.2 Å². The molecule has 2 rings (SSSR count). The van der Waals surface area contributed by atoms with Gasteiger partial charge in [0.15, 0.2) is 0 Å². The summed E-state index contributed by atoms with van der Waals surface area (Å²) < 4.78 is 11.6. The Hall–Kier alpha value is -1.06. The van der Waals surface area contributed by atoms with Gasteiger partial charge in [0.2, 0.25) is 0 Å². The highest BCUT2D eigenvalue weighted by molar-refractivity contribution is 5.37. The van der Waals surface area contributed by atoms with E-state index in [0.29, 0.717) is 6.61 Å². The van der Waals surface area contributed by atoms with E-state index in [1.807, 2.05) is 0 Å². The Morgan fingerprint density at radius 1 is 1.35 bits per heavy atom. The van der Waals surface area contributed by atoms with Crippen LogP contribution in [0.25, 0.3) is 0 Å². The predicted molar refractivity (Wildman–Crippen MR) is 82.2 cm³/mol. The summed E-state index contributed by atoms with van der Waals surface area (Å²) in [5, 5.41) is 3.53. The number of nitrogens with one attached hydrogen (secondary N) is 1. The molecule has 1 fully saturated rings. The smallest absolute Gasteiger partial charge is 0.124 e. The van der Waals surface area contributed by atoms with Gasteiger partial charge in [-0.25, -0.2) is 0 Å². The molecule has 0 spiro atoms. The van der Waals surface area contributed by atoms with Crippen LogP contribution >= 0.6 is 0 Å². The summed E-state index contributed by atoms with van der Waals surface area (Å²) in [5.74, 6) is 0.989. The number of aryl methyl sites for hydroxylation is 1. The third-order valence-electron chi connectivity index (χ3n) is 3.44. The van der Waals surface area contributed by atoms with Gasteiger partial charge in [-0.2, -0.15) is 0 Å². The fourth-order valence-electron chi connectivity index (χ4n) is 2.31. The molecule has 20 heavy (non-hydrogen) atoms. The third kappa shape index (κ3) is 4.80. The topological polar surface area (TPSA) is 30.5 Å². The predicted octanol–water partition coefficient (Wildman–Crippen LogP) is 3.44. The molecule has 1 aromatic carbocycles. The van der Waals surface area contributed by atoms with Gasteiger partial charge < -0.3 is 14.8 Å². The standard InChI is InChI=1S/C17H27NO2/c1-13-7-8-16(20-15-6-5-9-19-12-15)14(10-13)11-18-17(2,3)4/h7-8,10,15,18H,5-6,9,11-12H2,1-4H3. The van der Waals surface area contributed by atoms with E-state index in [0.717, 1.165) is 31.7 Å². The quantitative estimate of drug-likeness (QED) is 0.914. The van der Waals surface area contributed by atoms with E-state index in [1.54, 1.807) is 0 Å². The SMILES string of the molecule is Cc1ccc(OC2CCCOC2)c(CNC(C)(C)C)c1. The van der Waals surface area contributed by atoms with E-state index in [9.17, 15) is 0 Å². The van der Waals surface area contributed by atoms with Crippen molar-refractivity contribution >= 4 is 0 Å². The first-order valence-corrected chi connectivity index (χ1v) is 7.53. The van der Waals surface area contributed by atoms with Crippen molar-refractivity contribution in [1.82, 2.24) is 5.32 Å². The molecule has 1 aliphatic heterocycles. The van der Waals surface area contributed by atoms with Crippen molar-refractivity contribution < 1.29 is 9.47 Å². The maximum atomic E-state index is 6.14. The Morgan fingerprint density at radius 3 is 2.80 bits per heavy atom. The summed E-state index contributed by atoms with van der Waals surface area (Å²) in [6.07, 6.45) is 2.37. The van der Waals surface area contributed by atoms with Crippen LogP contribution in [0.1, 0.15) is 44.7 Å². The van der Waals surface area contributed by atoms with Crippen molar-refractivity contribution in [3.8, 4) is 5.75 Å². The Bertz CT molecular complexity index is 431. The number of ether oxygens (including phenoxy) is 2. The number of benzene rings is 1. The molecular weight excluding hydrogens is 250 g/mol. The first kappa shape index (κ1) is 15.3. The zero-order valence-corrected chi connectivity index (χ0v) is 13.2. The van der Waals surface area contributed by atoms with Gasteiger partial charge in [0.05, 0.1) is 6.61 Å². The largest absolute Gasteiger partial charge is 0.488 e. The van der Waals surface area contributed by atoms with Gasteiger partial charge >= 0.3 is 0 Å². The van der Waals surface area contributed by atoms with E-state index in [4.69, 9.17) is 9.47 Å². The molecule has 1 unspecified atom stereocenters. The van der Waals surface area contributed by atoms with Crippen molar-refractivity contribution in [2.45, 2.75) is 58.7 Å². The first-order chi connectivity index (χ1) is 9.44. The van der Waals surface area contributed by atoms with Crippen LogP contribution in [0.4, 0.5) is 0 Å². The highest BCUT2D eigenvalue weighted by Crippen LogP contribution is 2.24. The Morgan fingerprint density at radius 2 is 2.15 bits per heavy atom. The normalized spacial score (nSPS) is 19.9.